The Balaban J connectivity index is 2.27. The second-order valence-electron chi connectivity index (χ2n) is 4.90. The van der Waals surface area contributed by atoms with Crippen molar-refractivity contribution in [3.63, 3.8) is 0 Å². The molecule has 0 bridgehead atoms. The molecule has 1 aromatic carbocycles. The van der Waals surface area contributed by atoms with Gasteiger partial charge in [-0.05, 0) is 47.5 Å². The zero-order chi connectivity index (χ0) is 15.0. The molecule has 1 heterocycles. The average Bonchev–Trinajstić information content (AvgIpc) is 2.74. The van der Waals surface area contributed by atoms with E-state index in [2.05, 4.69) is 21.2 Å². The topological polar surface area (TPSA) is 72.5 Å². The molecule has 0 radical (unpaired) electrons. The van der Waals surface area contributed by atoms with Crippen LogP contribution in [-0.4, -0.2) is 33.1 Å². The molecule has 1 aromatic rings. The molecule has 0 aromatic heterocycles. The van der Waals surface area contributed by atoms with Gasteiger partial charge in [-0.15, -0.1) is 0 Å². The minimum atomic E-state index is -3.91. The normalized spacial score (nSPS) is 22.8. The third kappa shape index (κ3) is 3.52. The van der Waals surface area contributed by atoms with Crippen molar-refractivity contribution in [3.05, 3.63) is 28.2 Å². The van der Waals surface area contributed by atoms with Crippen LogP contribution < -0.4 is 5.32 Å². The largest absolute Gasteiger partial charge is 0.379 e. The number of carbonyl (C=O) groups excluding carboxylic acids is 1. The van der Waals surface area contributed by atoms with E-state index in [1.54, 1.807) is 0 Å². The third-order valence-electron chi connectivity index (χ3n) is 3.09. The lowest BCUT2D eigenvalue weighted by atomic mass is 10.0. The molecule has 0 aliphatic carbocycles. The van der Waals surface area contributed by atoms with Crippen molar-refractivity contribution in [2.45, 2.75) is 23.8 Å². The molecule has 110 valence electrons. The van der Waals surface area contributed by atoms with Gasteiger partial charge in [0, 0.05) is 27.3 Å². The highest BCUT2D eigenvalue weighted by atomic mass is 79.9. The van der Waals surface area contributed by atoms with E-state index in [9.17, 15) is 13.2 Å². The quantitative estimate of drug-likeness (QED) is 0.814. The van der Waals surface area contributed by atoms with E-state index in [1.165, 1.54) is 18.2 Å². The van der Waals surface area contributed by atoms with Crippen LogP contribution in [0.1, 0.15) is 23.7 Å². The summed E-state index contributed by atoms with van der Waals surface area (Å²) in [5, 5.41) is 2.85. The molecule has 1 fully saturated rings. The van der Waals surface area contributed by atoms with Crippen LogP contribution in [0.4, 0.5) is 0 Å². The highest BCUT2D eigenvalue weighted by molar-refractivity contribution is 9.10. The summed E-state index contributed by atoms with van der Waals surface area (Å²) in [5.41, 5.74) is -0.190. The van der Waals surface area contributed by atoms with Gasteiger partial charge >= 0.3 is 0 Å². The van der Waals surface area contributed by atoms with E-state index in [1.807, 2.05) is 6.92 Å². The van der Waals surface area contributed by atoms with Crippen LogP contribution in [0.5, 0.6) is 0 Å². The molecule has 0 spiro atoms. The van der Waals surface area contributed by atoms with E-state index < -0.39 is 14.6 Å². The molecule has 1 atom stereocenters. The van der Waals surface area contributed by atoms with Crippen LogP contribution >= 0.6 is 26.6 Å². The van der Waals surface area contributed by atoms with Gasteiger partial charge in [-0.25, -0.2) is 8.42 Å². The van der Waals surface area contributed by atoms with Crippen molar-refractivity contribution in [3.8, 4) is 0 Å². The average molecular weight is 383 g/mol. The fourth-order valence-electron chi connectivity index (χ4n) is 1.94. The monoisotopic (exact) mass is 381 g/mol. The Hall–Kier alpha value is -0.630. The number of amides is 1. The minimum absolute atomic E-state index is 0.125. The molecule has 1 saturated heterocycles. The van der Waals surface area contributed by atoms with Gasteiger partial charge in [0.05, 0.1) is 17.0 Å². The maximum atomic E-state index is 12.2. The second kappa shape index (κ2) is 5.63. The van der Waals surface area contributed by atoms with E-state index in [-0.39, 0.29) is 16.4 Å². The lowest BCUT2D eigenvalue weighted by Crippen LogP contribution is -2.46. The molecule has 1 aliphatic rings. The Morgan fingerprint density at radius 2 is 2.20 bits per heavy atom. The van der Waals surface area contributed by atoms with Crippen LogP contribution in [0, 0.1) is 0 Å². The summed E-state index contributed by atoms with van der Waals surface area (Å²) >= 11 is 3.10. The van der Waals surface area contributed by atoms with Crippen LogP contribution in [0.2, 0.25) is 0 Å². The Morgan fingerprint density at radius 3 is 2.75 bits per heavy atom. The Labute approximate surface area is 130 Å². The number of benzene rings is 1. The van der Waals surface area contributed by atoms with Gasteiger partial charge in [-0.3, -0.25) is 4.79 Å². The Bertz CT molecular complexity index is 641. The van der Waals surface area contributed by atoms with Gasteiger partial charge in [0.2, 0.25) is 0 Å². The molecule has 1 N–H and O–H groups in total. The molecule has 2 rings (SSSR count). The lowest BCUT2D eigenvalue weighted by Gasteiger charge is -2.23. The minimum Gasteiger partial charge on any atom is -0.379 e. The summed E-state index contributed by atoms with van der Waals surface area (Å²) in [6.45, 7) is 2.92. The number of halogens is 2. The second-order valence-corrected chi connectivity index (χ2v) is 8.29. The molecule has 1 unspecified atom stereocenters. The van der Waals surface area contributed by atoms with Crippen molar-refractivity contribution in [2.75, 3.05) is 13.2 Å². The van der Waals surface area contributed by atoms with Crippen molar-refractivity contribution >= 4 is 41.6 Å². The van der Waals surface area contributed by atoms with Gasteiger partial charge in [0.15, 0.2) is 0 Å². The predicted molar refractivity (Wildman–Crippen MR) is 78.5 cm³/mol. The fourth-order valence-corrected chi connectivity index (χ4v) is 4.06. The molecule has 0 saturated carbocycles. The van der Waals surface area contributed by atoms with Gasteiger partial charge in [0.1, 0.15) is 0 Å². The van der Waals surface area contributed by atoms with Crippen molar-refractivity contribution in [1.82, 2.24) is 5.32 Å². The molecule has 1 amide bonds. The van der Waals surface area contributed by atoms with Gasteiger partial charge in [0.25, 0.3) is 15.0 Å². The zero-order valence-corrected chi connectivity index (χ0v) is 13.8. The zero-order valence-electron chi connectivity index (χ0n) is 10.7. The van der Waals surface area contributed by atoms with E-state index in [4.69, 9.17) is 15.4 Å². The van der Waals surface area contributed by atoms with Gasteiger partial charge in [-0.1, -0.05) is 0 Å². The summed E-state index contributed by atoms with van der Waals surface area (Å²) in [6, 6.07) is 4.27. The first kappa shape index (κ1) is 15.8. The lowest BCUT2D eigenvalue weighted by molar-refractivity contribution is 0.0889. The first-order chi connectivity index (χ1) is 9.21. The SMILES string of the molecule is CC1(NC(=O)c2ccc(Br)c(S(=O)(=O)Cl)c2)CCOC1. The Kier molecular flexibility index (Phi) is 4.44. The summed E-state index contributed by atoms with van der Waals surface area (Å²) in [6.07, 6.45) is 0.718. The molecule has 1 aliphatic heterocycles. The third-order valence-corrected chi connectivity index (χ3v) is 5.41. The van der Waals surface area contributed by atoms with E-state index >= 15 is 0 Å². The number of hydrogen-bond acceptors (Lipinski definition) is 4. The van der Waals surface area contributed by atoms with Crippen molar-refractivity contribution in [1.29, 1.82) is 0 Å². The molecular weight excluding hydrogens is 370 g/mol. The summed E-state index contributed by atoms with van der Waals surface area (Å²) in [5.74, 6) is -0.355. The summed E-state index contributed by atoms with van der Waals surface area (Å²) in [7, 11) is 1.42. The first-order valence-electron chi connectivity index (χ1n) is 5.86. The van der Waals surface area contributed by atoms with Crippen molar-refractivity contribution < 1.29 is 17.9 Å². The number of ether oxygens (including phenoxy) is 1. The standard InChI is InChI=1S/C12H13BrClNO4S/c1-12(4-5-19-7-12)15-11(16)8-2-3-9(13)10(6-8)20(14,17)18/h2-3,6H,4-5,7H2,1H3,(H,15,16). The van der Waals surface area contributed by atoms with Crippen LogP contribution in [-0.2, 0) is 13.8 Å². The highest BCUT2D eigenvalue weighted by Gasteiger charge is 2.31. The van der Waals surface area contributed by atoms with E-state index in [0.29, 0.717) is 17.7 Å². The summed E-state index contributed by atoms with van der Waals surface area (Å²) < 4.78 is 28.4. The smallest absolute Gasteiger partial charge is 0.262 e. The predicted octanol–water partition coefficient (Wildman–Crippen LogP) is 2.29. The summed E-state index contributed by atoms with van der Waals surface area (Å²) in [4.78, 5) is 12.1. The number of nitrogens with one attached hydrogen (secondary N) is 1. The van der Waals surface area contributed by atoms with Crippen LogP contribution in [0.25, 0.3) is 0 Å². The fraction of sp³-hybridized carbons (Fsp3) is 0.417. The number of rotatable bonds is 3. The Morgan fingerprint density at radius 1 is 1.50 bits per heavy atom. The number of hydrogen-bond donors (Lipinski definition) is 1. The van der Waals surface area contributed by atoms with Crippen molar-refractivity contribution in [2.24, 2.45) is 0 Å². The maximum absolute atomic E-state index is 12.2. The number of carbonyl (C=O) groups is 1. The first-order valence-corrected chi connectivity index (χ1v) is 8.96. The highest BCUT2D eigenvalue weighted by Crippen LogP contribution is 2.26. The maximum Gasteiger partial charge on any atom is 0.262 e. The van der Waals surface area contributed by atoms with Crippen LogP contribution in [0.3, 0.4) is 0 Å². The van der Waals surface area contributed by atoms with Crippen LogP contribution in [0.15, 0.2) is 27.6 Å². The van der Waals surface area contributed by atoms with Gasteiger partial charge < -0.3 is 10.1 Å². The molecule has 5 nitrogen and oxygen atoms in total. The molecule has 20 heavy (non-hydrogen) atoms. The molecular formula is C12H13BrClNO4S. The van der Waals surface area contributed by atoms with Gasteiger partial charge in [-0.2, -0.15) is 0 Å². The molecule has 8 heteroatoms. The van der Waals surface area contributed by atoms with E-state index in [0.717, 1.165) is 6.42 Å².